The lowest BCUT2D eigenvalue weighted by Crippen LogP contribution is -2.27. The number of nitrogens with one attached hydrogen (secondary N) is 1. The molecule has 2 aromatic carbocycles. The van der Waals surface area contributed by atoms with Gasteiger partial charge in [-0.25, -0.2) is 4.89 Å². The molecule has 0 spiro atoms. The Morgan fingerprint density at radius 1 is 1.18 bits per heavy atom. The molecule has 0 aliphatic carbocycles. The number of carbonyl (C=O) groups is 2. The van der Waals surface area contributed by atoms with Crippen LogP contribution in [0.15, 0.2) is 53.6 Å². The minimum atomic E-state index is -0.391. The van der Waals surface area contributed by atoms with Crippen molar-refractivity contribution >= 4 is 29.7 Å². The lowest BCUT2D eigenvalue weighted by molar-refractivity contribution is -0.160. The zero-order valence-electron chi connectivity index (χ0n) is 18.9. The summed E-state index contributed by atoms with van der Waals surface area (Å²) in [4.78, 5) is 33.1. The number of fused-ring (bicyclic) bond motifs is 1. The van der Waals surface area contributed by atoms with Crippen molar-refractivity contribution in [2.75, 3.05) is 32.7 Å². The van der Waals surface area contributed by atoms with Crippen LogP contribution in [0.25, 0.3) is 0 Å². The first-order chi connectivity index (χ1) is 16.5. The summed E-state index contributed by atoms with van der Waals surface area (Å²) >= 11 is 1.07. The predicted molar refractivity (Wildman–Crippen MR) is 125 cm³/mol. The Balaban J connectivity index is 1.63. The van der Waals surface area contributed by atoms with Gasteiger partial charge in [0, 0.05) is 54.6 Å². The molecule has 10 nitrogen and oxygen atoms in total. The highest BCUT2D eigenvalue weighted by atomic mass is 32.2. The van der Waals surface area contributed by atoms with E-state index >= 15 is 0 Å². The molecule has 1 aliphatic rings. The zero-order chi connectivity index (χ0) is 24.1. The van der Waals surface area contributed by atoms with Crippen LogP contribution in [-0.4, -0.2) is 53.9 Å². The van der Waals surface area contributed by atoms with Crippen molar-refractivity contribution in [1.29, 1.82) is 0 Å². The van der Waals surface area contributed by atoms with Crippen LogP contribution in [0.1, 0.15) is 26.3 Å². The molecular formula is C23H24N4O6S. The monoisotopic (exact) mass is 484 g/mol. The molecule has 0 saturated heterocycles. The van der Waals surface area contributed by atoms with E-state index in [0.29, 0.717) is 48.1 Å². The Morgan fingerprint density at radius 2 is 1.97 bits per heavy atom. The number of anilines is 1. The van der Waals surface area contributed by atoms with E-state index in [-0.39, 0.29) is 5.91 Å². The highest BCUT2D eigenvalue weighted by molar-refractivity contribution is 7.94. The lowest BCUT2D eigenvalue weighted by Gasteiger charge is -2.15. The molecule has 11 heteroatoms. The number of methoxy groups -OCH3 is 1. The summed E-state index contributed by atoms with van der Waals surface area (Å²) in [5.41, 5.74) is 1.44. The van der Waals surface area contributed by atoms with E-state index in [1.807, 2.05) is 12.1 Å². The van der Waals surface area contributed by atoms with Gasteiger partial charge in [-0.1, -0.05) is 0 Å². The number of amides is 2. The normalized spacial score (nSPS) is 12.7. The lowest BCUT2D eigenvalue weighted by atomic mass is 10.0. The SMILES string of the molecule is COCCN1Cc2c(Oc3ccc(SOOC)cc3)cc(C(=O)Nc3ccn(C)n3)cc2C1=O. The molecule has 0 unspecified atom stereocenters. The molecule has 1 aromatic heterocycles. The molecule has 0 fully saturated rings. The number of rotatable bonds is 10. The van der Waals surface area contributed by atoms with Crippen LogP contribution in [-0.2, 0) is 27.6 Å². The van der Waals surface area contributed by atoms with E-state index < -0.39 is 5.91 Å². The summed E-state index contributed by atoms with van der Waals surface area (Å²) < 4.78 is 17.7. The van der Waals surface area contributed by atoms with E-state index in [1.165, 1.54) is 7.11 Å². The number of carbonyl (C=O) groups excluding carboxylic acids is 2. The highest BCUT2D eigenvalue weighted by Gasteiger charge is 2.31. The Hall–Kier alpha value is -3.38. The predicted octanol–water partition coefficient (Wildman–Crippen LogP) is 3.65. The molecule has 1 aliphatic heterocycles. The molecule has 3 aromatic rings. The molecule has 2 amide bonds. The highest BCUT2D eigenvalue weighted by Crippen LogP contribution is 2.36. The maximum absolute atomic E-state index is 13.0. The molecule has 2 heterocycles. The first-order valence-electron chi connectivity index (χ1n) is 10.4. The Labute approximate surface area is 200 Å². The van der Waals surface area contributed by atoms with Crippen molar-refractivity contribution in [2.45, 2.75) is 11.4 Å². The van der Waals surface area contributed by atoms with E-state index in [4.69, 9.17) is 13.8 Å². The van der Waals surface area contributed by atoms with Crippen LogP contribution in [0.2, 0.25) is 0 Å². The van der Waals surface area contributed by atoms with Gasteiger partial charge in [0.05, 0.1) is 32.3 Å². The quantitative estimate of drug-likeness (QED) is 0.264. The summed E-state index contributed by atoms with van der Waals surface area (Å²) in [6.07, 6.45) is 1.73. The van der Waals surface area contributed by atoms with Gasteiger partial charge in [-0.15, -0.1) is 0 Å². The standard InChI is InChI=1S/C23H24N4O6S/c1-26-9-8-21(25-26)24-22(28)15-12-18-19(14-27(23(18)29)10-11-30-2)20(13-15)32-16-4-6-17(7-5-16)34-33-31-3/h4-9,12-13H,10-11,14H2,1-3H3,(H,24,25,28). The minimum Gasteiger partial charge on any atom is -0.457 e. The minimum absolute atomic E-state index is 0.173. The summed E-state index contributed by atoms with van der Waals surface area (Å²) in [6.45, 7) is 1.21. The van der Waals surface area contributed by atoms with Crippen LogP contribution in [0, 0.1) is 0 Å². The summed E-state index contributed by atoms with van der Waals surface area (Å²) in [5, 5.41) is 6.92. The van der Waals surface area contributed by atoms with Crippen LogP contribution < -0.4 is 10.1 Å². The number of hydrogen-bond acceptors (Lipinski definition) is 8. The second-order valence-electron chi connectivity index (χ2n) is 7.44. The van der Waals surface area contributed by atoms with Crippen LogP contribution in [0.3, 0.4) is 0 Å². The van der Waals surface area contributed by atoms with Gasteiger partial charge in [-0.2, -0.15) is 9.43 Å². The van der Waals surface area contributed by atoms with Crippen molar-refractivity contribution in [3.05, 3.63) is 65.4 Å². The van der Waals surface area contributed by atoms with E-state index in [1.54, 1.807) is 60.3 Å². The van der Waals surface area contributed by atoms with Crippen molar-refractivity contribution < 1.29 is 28.3 Å². The van der Waals surface area contributed by atoms with E-state index in [2.05, 4.69) is 15.3 Å². The largest absolute Gasteiger partial charge is 0.457 e. The van der Waals surface area contributed by atoms with Crippen LogP contribution >= 0.6 is 12.0 Å². The van der Waals surface area contributed by atoms with Crippen molar-refractivity contribution in [3.8, 4) is 11.5 Å². The first kappa shape index (κ1) is 23.8. The average Bonchev–Trinajstić information content (AvgIpc) is 3.39. The molecule has 0 radical (unpaired) electrons. The third-order valence-electron chi connectivity index (χ3n) is 5.11. The number of aromatic nitrogens is 2. The topological polar surface area (TPSA) is 104 Å². The Bertz CT molecular complexity index is 1180. The summed E-state index contributed by atoms with van der Waals surface area (Å²) in [5.74, 6) is 0.834. The fraction of sp³-hybridized carbons (Fsp3) is 0.261. The number of hydrogen-bond donors (Lipinski definition) is 1. The number of benzene rings is 2. The molecule has 0 saturated carbocycles. The Kier molecular flexibility index (Phi) is 7.48. The fourth-order valence-electron chi connectivity index (χ4n) is 3.47. The van der Waals surface area contributed by atoms with Crippen molar-refractivity contribution in [1.82, 2.24) is 14.7 Å². The van der Waals surface area contributed by atoms with Crippen LogP contribution in [0.5, 0.6) is 11.5 Å². The van der Waals surface area contributed by atoms with E-state index in [0.717, 1.165) is 22.5 Å². The molecule has 0 bridgehead atoms. The number of nitrogens with zero attached hydrogens (tertiary/aromatic N) is 3. The molecule has 4 rings (SSSR count). The first-order valence-corrected chi connectivity index (χ1v) is 11.1. The number of aryl methyl sites for hydroxylation is 1. The molecule has 0 atom stereocenters. The van der Waals surface area contributed by atoms with Crippen molar-refractivity contribution in [3.63, 3.8) is 0 Å². The molecule has 1 N–H and O–H groups in total. The van der Waals surface area contributed by atoms with Gasteiger partial charge in [0.1, 0.15) is 11.5 Å². The van der Waals surface area contributed by atoms with Gasteiger partial charge < -0.3 is 19.7 Å². The number of ether oxygens (including phenoxy) is 2. The molecular weight excluding hydrogens is 460 g/mol. The maximum atomic E-state index is 13.0. The second-order valence-corrected chi connectivity index (χ2v) is 8.21. The average molecular weight is 485 g/mol. The smallest absolute Gasteiger partial charge is 0.257 e. The van der Waals surface area contributed by atoms with Gasteiger partial charge in [0.15, 0.2) is 5.82 Å². The Morgan fingerprint density at radius 3 is 2.65 bits per heavy atom. The fourth-order valence-corrected chi connectivity index (χ4v) is 3.86. The van der Waals surface area contributed by atoms with Gasteiger partial charge in [-0.05, 0) is 36.4 Å². The van der Waals surface area contributed by atoms with Gasteiger partial charge in [0.25, 0.3) is 11.8 Å². The van der Waals surface area contributed by atoms with Crippen LogP contribution in [0.4, 0.5) is 5.82 Å². The van der Waals surface area contributed by atoms with Gasteiger partial charge >= 0.3 is 0 Å². The maximum Gasteiger partial charge on any atom is 0.257 e. The molecule has 34 heavy (non-hydrogen) atoms. The van der Waals surface area contributed by atoms with E-state index in [9.17, 15) is 9.59 Å². The van der Waals surface area contributed by atoms with Crippen molar-refractivity contribution in [2.24, 2.45) is 7.05 Å². The second kappa shape index (κ2) is 10.7. The van der Waals surface area contributed by atoms with Gasteiger partial charge in [0.2, 0.25) is 0 Å². The third kappa shape index (κ3) is 5.39. The summed E-state index contributed by atoms with van der Waals surface area (Å²) in [7, 11) is 4.77. The third-order valence-corrected chi connectivity index (χ3v) is 5.78. The van der Waals surface area contributed by atoms with Gasteiger partial charge in [-0.3, -0.25) is 14.3 Å². The molecule has 178 valence electrons. The summed E-state index contributed by atoms with van der Waals surface area (Å²) in [6, 6.07) is 12.1. The zero-order valence-corrected chi connectivity index (χ0v) is 19.8.